The summed E-state index contributed by atoms with van der Waals surface area (Å²) in [7, 11) is 0. The lowest BCUT2D eigenvalue weighted by Gasteiger charge is -2.36. The first-order chi connectivity index (χ1) is 9.16. The highest BCUT2D eigenvalue weighted by Gasteiger charge is 2.39. The van der Waals surface area contributed by atoms with Gasteiger partial charge in [0.1, 0.15) is 0 Å². The fourth-order valence-electron chi connectivity index (χ4n) is 2.53. The third kappa shape index (κ3) is 2.50. The first kappa shape index (κ1) is 12.6. The Kier molecular flexibility index (Phi) is 3.28. The van der Waals surface area contributed by atoms with Gasteiger partial charge in [0, 0.05) is 18.8 Å². The third-order valence-corrected chi connectivity index (χ3v) is 3.82. The molecular weight excluding hydrogens is 270 g/mol. The summed E-state index contributed by atoms with van der Waals surface area (Å²) < 4.78 is 5.49. The van der Waals surface area contributed by atoms with E-state index in [9.17, 15) is 10.1 Å². The van der Waals surface area contributed by atoms with Gasteiger partial charge < -0.3 is 9.64 Å². The van der Waals surface area contributed by atoms with E-state index in [1.54, 1.807) is 0 Å². The molecule has 1 atom stereocenters. The van der Waals surface area contributed by atoms with E-state index in [1.165, 1.54) is 12.3 Å². The van der Waals surface area contributed by atoms with Crippen molar-refractivity contribution < 1.29 is 9.66 Å². The Morgan fingerprint density at radius 3 is 3.00 bits per heavy atom. The van der Waals surface area contributed by atoms with Gasteiger partial charge in [0.25, 0.3) is 0 Å². The smallest absolute Gasteiger partial charge is 0.313 e. The van der Waals surface area contributed by atoms with Crippen molar-refractivity contribution in [3.05, 3.63) is 27.4 Å². The van der Waals surface area contributed by atoms with Crippen molar-refractivity contribution >= 4 is 23.1 Å². The molecule has 0 amide bonds. The van der Waals surface area contributed by atoms with Crippen molar-refractivity contribution in [3.63, 3.8) is 0 Å². The van der Waals surface area contributed by atoms with Gasteiger partial charge in [0.15, 0.2) is 0 Å². The molecule has 6 nitrogen and oxygen atoms in total. The van der Waals surface area contributed by atoms with Gasteiger partial charge in [-0.2, -0.15) is 0 Å². The minimum atomic E-state index is -0.423. The SMILES string of the molecule is O=[N+]([O-])c1cc(Cl)cnc1N1CCOC[C@@H]1C1CC1. The number of aromatic nitrogens is 1. The van der Waals surface area contributed by atoms with Crippen LogP contribution in [0.25, 0.3) is 0 Å². The molecule has 0 spiro atoms. The van der Waals surface area contributed by atoms with Crippen LogP contribution in [-0.4, -0.2) is 35.7 Å². The normalized spacial score (nSPS) is 23.4. The highest BCUT2D eigenvalue weighted by molar-refractivity contribution is 6.30. The predicted molar refractivity (Wildman–Crippen MR) is 70.6 cm³/mol. The second kappa shape index (κ2) is 4.94. The molecule has 0 radical (unpaired) electrons. The molecular formula is C12H14ClN3O3. The van der Waals surface area contributed by atoms with E-state index >= 15 is 0 Å². The molecule has 2 fully saturated rings. The molecule has 0 N–H and O–H groups in total. The zero-order chi connectivity index (χ0) is 13.4. The van der Waals surface area contributed by atoms with Gasteiger partial charge in [-0.3, -0.25) is 10.1 Å². The summed E-state index contributed by atoms with van der Waals surface area (Å²) in [5, 5.41) is 11.4. The molecule has 7 heteroatoms. The van der Waals surface area contributed by atoms with Crippen molar-refractivity contribution in [1.82, 2.24) is 4.98 Å². The molecule has 2 aliphatic rings. The first-order valence-electron chi connectivity index (χ1n) is 6.31. The summed E-state index contributed by atoms with van der Waals surface area (Å²) in [4.78, 5) is 16.9. The number of pyridine rings is 1. The van der Waals surface area contributed by atoms with Crippen LogP contribution in [0.2, 0.25) is 5.02 Å². The summed E-state index contributed by atoms with van der Waals surface area (Å²) in [6.45, 7) is 1.83. The highest BCUT2D eigenvalue weighted by atomic mass is 35.5. The third-order valence-electron chi connectivity index (χ3n) is 3.61. The predicted octanol–water partition coefficient (Wildman–Crippen LogP) is 2.26. The minimum Gasteiger partial charge on any atom is -0.377 e. The number of halogens is 1. The Bertz CT molecular complexity index is 507. The molecule has 1 aliphatic carbocycles. The van der Waals surface area contributed by atoms with Crippen molar-refractivity contribution in [2.45, 2.75) is 18.9 Å². The van der Waals surface area contributed by atoms with Gasteiger partial charge in [-0.05, 0) is 18.8 Å². The monoisotopic (exact) mass is 283 g/mol. The van der Waals surface area contributed by atoms with E-state index in [2.05, 4.69) is 4.98 Å². The fraction of sp³-hybridized carbons (Fsp3) is 0.583. The van der Waals surface area contributed by atoms with Crippen molar-refractivity contribution in [2.24, 2.45) is 5.92 Å². The summed E-state index contributed by atoms with van der Waals surface area (Å²) in [6, 6.07) is 1.56. The van der Waals surface area contributed by atoms with Gasteiger partial charge in [-0.15, -0.1) is 0 Å². The fourth-order valence-corrected chi connectivity index (χ4v) is 2.69. The zero-order valence-electron chi connectivity index (χ0n) is 10.3. The summed E-state index contributed by atoms with van der Waals surface area (Å²) in [5.41, 5.74) is -0.0277. The van der Waals surface area contributed by atoms with Gasteiger partial charge in [0.2, 0.25) is 5.82 Å². The van der Waals surface area contributed by atoms with Crippen LogP contribution in [0.5, 0.6) is 0 Å². The maximum Gasteiger partial charge on any atom is 0.313 e. The lowest BCUT2D eigenvalue weighted by atomic mass is 10.1. The maximum absolute atomic E-state index is 11.2. The molecule has 1 saturated carbocycles. The number of ether oxygens (including phenoxy) is 1. The quantitative estimate of drug-likeness (QED) is 0.629. The van der Waals surface area contributed by atoms with E-state index in [1.807, 2.05) is 4.90 Å². The minimum absolute atomic E-state index is 0.0277. The molecule has 0 unspecified atom stereocenters. The maximum atomic E-state index is 11.2. The number of hydrogen-bond acceptors (Lipinski definition) is 5. The van der Waals surface area contributed by atoms with Crippen molar-refractivity contribution in [2.75, 3.05) is 24.7 Å². The number of nitro groups is 1. The number of morpholine rings is 1. The van der Waals surface area contributed by atoms with Gasteiger partial charge in [-0.25, -0.2) is 4.98 Å². The molecule has 0 aromatic carbocycles. The average molecular weight is 284 g/mol. The van der Waals surface area contributed by atoms with Gasteiger partial charge >= 0.3 is 5.69 Å². The van der Waals surface area contributed by atoms with Crippen LogP contribution in [0, 0.1) is 16.0 Å². The standard InChI is InChI=1S/C12H14ClN3O3/c13-9-5-10(16(17)18)12(14-6-9)15-3-4-19-7-11(15)8-1-2-8/h5-6,8,11H,1-4,7H2/t11-/m1/s1. The Balaban J connectivity index is 1.97. The lowest BCUT2D eigenvalue weighted by molar-refractivity contribution is -0.384. The molecule has 102 valence electrons. The Morgan fingerprint density at radius 1 is 1.53 bits per heavy atom. The molecule has 0 bridgehead atoms. The van der Waals surface area contributed by atoms with E-state index < -0.39 is 4.92 Å². The Morgan fingerprint density at radius 2 is 2.32 bits per heavy atom. The first-order valence-corrected chi connectivity index (χ1v) is 6.69. The van der Waals surface area contributed by atoms with Crippen LogP contribution in [0.3, 0.4) is 0 Å². The second-order valence-electron chi connectivity index (χ2n) is 4.93. The highest BCUT2D eigenvalue weighted by Crippen LogP contribution is 2.40. The van der Waals surface area contributed by atoms with Gasteiger partial charge in [0.05, 0.1) is 29.2 Å². The molecule has 2 heterocycles. The van der Waals surface area contributed by atoms with E-state index in [4.69, 9.17) is 16.3 Å². The van der Waals surface area contributed by atoms with Crippen molar-refractivity contribution in [1.29, 1.82) is 0 Å². The largest absolute Gasteiger partial charge is 0.377 e. The van der Waals surface area contributed by atoms with E-state index in [-0.39, 0.29) is 16.8 Å². The number of hydrogen-bond donors (Lipinski definition) is 0. The van der Waals surface area contributed by atoms with Crippen LogP contribution in [0.1, 0.15) is 12.8 Å². The molecule has 1 aliphatic heterocycles. The van der Waals surface area contributed by atoms with Crippen LogP contribution in [0.15, 0.2) is 12.3 Å². The van der Waals surface area contributed by atoms with Gasteiger partial charge in [-0.1, -0.05) is 11.6 Å². The lowest BCUT2D eigenvalue weighted by Crippen LogP contribution is -2.47. The van der Waals surface area contributed by atoms with E-state index in [0.717, 1.165) is 12.8 Å². The molecule has 19 heavy (non-hydrogen) atoms. The summed E-state index contributed by atoms with van der Waals surface area (Å²) in [5.74, 6) is 0.979. The van der Waals surface area contributed by atoms with Crippen LogP contribution >= 0.6 is 11.6 Å². The molecule has 1 saturated heterocycles. The molecule has 3 rings (SSSR count). The second-order valence-corrected chi connectivity index (χ2v) is 5.36. The Labute approximate surface area is 115 Å². The van der Waals surface area contributed by atoms with Crippen LogP contribution < -0.4 is 4.90 Å². The zero-order valence-corrected chi connectivity index (χ0v) is 11.0. The topological polar surface area (TPSA) is 68.5 Å². The van der Waals surface area contributed by atoms with Crippen molar-refractivity contribution in [3.8, 4) is 0 Å². The molecule has 1 aromatic rings. The summed E-state index contributed by atoms with van der Waals surface area (Å²) in [6.07, 6.45) is 3.78. The Hall–Kier alpha value is -1.40. The van der Waals surface area contributed by atoms with Crippen LogP contribution in [-0.2, 0) is 4.74 Å². The number of nitrogens with zero attached hydrogens (tertiary/aromatic N) is 3. The molecule has 1 aromatic heterocycles. The number of anilines is 1. The number of rotatable bonds is 3. The average Bonchev–Trinajstić information content (AvgIpc) is 3.23. The van der Waals surface area contributed by atoms with E-state index in [0.29, 0.717) is 31.5 Å². The van der Waals surface area contributed by atoms with Crippen LogP contribution in [0.4, 0.5) is 11.5 Å². The summed E-state index contributed by atoms with van der Waals surface area (Å²) >= 11 is 5.80.